The van der Waals surface area contributed by atoms with Gasteiger partial charge in [0.2, 0.25) is 0 Å². The summed E-state index contributed by atoms with van der Waals surface area (Å²) in [7, 11) is 0. The normalized spacial score (nSPS) is 16.5. The minimum absolute atomic E-state index is 0.304. The Balaban J connectivity index is 1.25. The molecule has 0 saturated carbocycles. The molecule has 0 unspecified atom stereocenters. The third-order valence-electron chi connectivity index (χ3n) is 6.06. The largest absolute Gasteiger partial charge is 0.452 e. The highest BCUT2D eigenvalue weighted by Crippen LogP contribution is 2.26. The van der Waals surface area contributed by atoms with Crippen molar-refractivity contribution < 1.29 is 14.3 Å². The average Bonchev–Trinajstić information content (AvgIpc) is 3.47. The second-order valence-corrected chi connectivity index (χ2v) is 8.50. The van der Waals surface area contributed by atoms with E-state index in [0.29, 0.717) is 11.3 Å². The molecular weight excluding hydrogens is 390 g/mol. The van der Waals surface area contributed by atoms with Gasteiger partial charge in [0.1, 0.15) is 0 Å². The lowest BCUT2D eigenvalue weighted by molar-refractivity contribution is -0.119. The SMILES string of the molecule is Cc1cc(NC(=O)COC(=O)c2ccc(CN3CCCC3)cc2)ccc1N1CCCC1. The molecule has 164 valence electrons. The van der Waals surface area contributed by atoms with Crippen molar-refractivity contribution in [3.8, 4) is 0 Å². The van der Waals surface area contributed by atoms with E-state index in [9.17, 15) is 9.59 Å². The molecule has 1 N–H and O–H groups in total. The number of nitrogens with one attached hydrogen (secondary N) is 1. The van der Waals surface area contributed by atoms with Crippen LogP contribution in [-0.2, 0) is 16.1 Å². The van der Waals surface area contributed by atoms with Gasteiger partial charge in [-0.2, -0.15) is 0 Å². The van der Waals surface area contributed by atoms with Crippen LogP contribution in [0.1, 0.15) is 47.2 Å². The van der Waals surface area contributed by atoms with Crippen molar-refractivity contribution in [1.29, 1.82) is 0 Å². The topological polar surface area (TPSA) is 61.9 Å². The van der Waals surface area contributed by atoms with Gasteiger partial charge in [-0.25, -0.2) is 4.79 Å². The number of nitrogens with zero attached hydrogens (tertiary/aromatic N) is 2. The van der Waals surface area contributed by atoms with E-state index in [0.717, 1.165) is 38.3 Å². The summed E-state index contributed by atoms with van der Waals surface area (Å²) in [6.07, 6.45) is 4.97. The van der Waals surface area contributed by atoms with Crippen molar-refractivity contribution in [2.24, 2.45) is 0 Å². The van der Waals surface area contributed by atoms with E-state index in [1.807, 2.05) is 30.3 Å². The van der Waals surface area contributed by atoms with Crippen molar-refractivity contribution in [2.45, 2.75) is 39.2 Å². The summed E-state index contributed by atoms with van der Waals surface area (Å²) in [5.41, 5.74) is 4.71. The molecule has 6 heteroatoms. The van der Waals surface area contributed by atoms with Gasteiger partial charge in [0.25, 0.3) is 5.91 Å². The number of ether oxygens (including phenoxy) is 1. The Bertz CT molecular complexity index is 914. The van der Waals surface area contributed by atoms with E-state index >= 15 is 0 Å². The van der Waals surface area contributed by atoms with Crippen LogP contribution in [0.3, 0.4) is 0 Å². The Labute approximate surface area is 184 Å². The van der Waals surface area contributed by atoms with Crippen molar-refractivity contribution in [1.82, 2.24) is 4.90 Å². The zero-order valence-corrected chi connectivity index (χ0v) is 18.2. The fourth-order valence-electron chi connectivity index (χ4n) is 4.40. The Morgan fingerprint density at radius 2 is 1.61 bits per heavy atom. The monoisotopic (exact) mass is 421 g/mol. The number of hydrogen-bond donors (Lipinski definition) is 1. The van der Waals surface area contributed by atoms with Crippen molar-refractivity contribution in [2.75, 3.05) is 43.0 Å². The van der Waals surface area contributed by atoms with E-state index in [2.05, 4.69) is 22.0 Å². The van der Waals surface area contributed by atoms with Crippen LogP contribution in [-0.4, -0.2) is 49.6 Å². The smallest absolute Gasteiger partial charge is 0.338 e. The zero-order chi connectivity index (χ0) is 21.6. The molecule has 0 bridgehead atoms. The number of anilines is 2. The zero-order valence-electron chi connectivity index (χ0n) is 18.2. The maximum absolute atomic E-state index is 12.3. The van der Waals surface area contributed by atoms with Crippen LogP contribution in [0.15, 0.2) is 42.5 Å². The van der Waals surface area contributed by atoms with Gasteiger partial charge in [0.15, 0.2) is 6.61 Å². The summed E-state index contributed by atoms with van der Waals surface area (Å²) < 4.78 is 5.20. The van der Waals surface area contributed by atoms with Gasteiger partial charge in [-0.15, -0.1) is 0 Å². The minimum Gasteiger partial charge on any atom is -0.452 e. The maximum atomic E-state index is 12.3. The van der Waals surface area contributed by atoms with Crippen LogP contribution in [0.25, 0.3) is 0 Å². The number of carbonyl (C=O) groups is 2. The molecule has 0 spiro atoms. The lowest BCUT2D eigenvalue weighted by Gasteiger charge is -2.20. The number of aryl methyl sites for hydroxylation is 1. The first-order valence-corrected chi connectivity index (χ1v) is 11.2. The van der Waals surface area contributed by atoms with Gasteiger partial charge in [-0.1, -0.05) is 12.1 Å². The summed E-state index contributed by atoms with van der Waals surface area (Å²) in [5, 5.41) is 2.82. The summed E-state index contributed by atoms with van der Waals surface area (Å²) in [6, 6.07) is 13.4. The fourth-order valence-corrected chi connectivity index (χ4v) is 4.40. The van der Waals surface area contributed by atoms with Crippen molar-refractivity contribution >= 4 is 23.3 Å². The number of hydrogen-bond acceptors (Lipinski definition) is 5. The van der Waals surface area contributed by atoms with Crippen molar-refractivity contribution in [3.63, 3.8) is 0 Å². The second-order valence-electron chi connectivity index (χ2n) is 8.50. The molecule has 2 aliphatic rings. The van der Waals surface area contributed by atoms with E-state index in [4.69, 9.17) is 4.74 Å². The molecule has 6 nitrogen and oxygen atoms in total. The Hall–Kier alpha value is -2.86. The third kappa shape index (κ3) is 5.64. The number of rotatable bonds is 7. The third-order valence-corrected chi connectivity index (χ3v) is 6.06. The highest BCUT2D eigenvalue weighted by Gasteiger charge is 2.16. The predicted molar refractivity (Wildman–Crippen MR) is 122 cm³/mol. The molecule has 4 rings (SSSR count). The van der Waals surface area contributed by atoms with Gasteiger partial charge < -0.3 is 15.0 Å². The molecule has 31 heavy (non-hydrogen) atoms. The molecule has 0 radical (unpaired) electrons. The lowest BCUT2D eigenvalue weighted by atomic mass is 10.1. The van der Waals surface area contributed by atoms with Crippen LogP contribution in [0.2, 0.25) is 0 Å². The van der Waals surface area contributed by atoms with Gasteiger partial charge in [-0.05, 0) is 87.2 Å². The van der Waals surface area contributed by atoms with Crippen LogP contribution < -0.4 is 10.2 Å². The molecule has 1 amide bonds. The summed E-state index contributed by atoms with van der Waals surface area (Å²) in [4.78, 5) is 29.3. The first kappa shape index (κ1) is 21.4. The van der Waals surface area contributed by atoms with Gasteiger partial charge >= 0.3 is 5.97 Å². The van der Waals surface area contributed by atoms with Gasteiger partial charge in [0.05, 0.1) is 5.56 Å². The summed E-state index contributed by atoms with van der Waals surface area (Å²) in [5.74, 6) is -0.823. The molecule has 0 aliphatic carbocycles. The molecule has 2 fully saturated rings. The molecule has 2 saturated heterocycles. The quantitative estimate of drug-likeness (QED) is 0.685. The van der Waals surface area contributed by atoms with Gasteiger partial charge in [-0.3, -0.25) is 9.69 Å². The number of esters is 1. The maximum Gasteiger partial charge on any atom is 0.338 e. The molecule has 0 aromatic heterocycles. The lowest BCUT2D eigenvalue weighted by Crippen LogP contribution is -2.22. The summed E-state index contributed by atoms with van der Waals surface area (Å²) >= 11 is 0. The first-order chi connectivity index (χ1) is 15.1. The van der Waals surface area contributed by atoms with Gasteiger partial charge in [0, 0.05) is 31.0 Å². The Morgan fingerprint density at radius 3 is 2.29 bits per heavy atom. The number of benzene rings is 2. The average molecular weight is 422 g/mol. The molecule has 2 heterocycles. The van der Waals surface area contributed by atoms with E-state index < -0.39 is 5.97 Å². The van der Waals surface area contributed by atoms with E-state index in [1.165, 1.54) is 36.9 Å². The number of carbonyl (C=O) groups excluding carboxylic acids is 2. The van der Waals surface area contributed by atoms with Crippen LogP contribution in [0, 0.1) is 6.92 Å². The fraction of sp³-hybridized carbons (Fsp3) is 0.440. The highest BCUT2D eigenvalue weighted by atomic mass is 16.5. The molecule has 2 aromatic rings. The van der Waals surface area contributed by atoms with Crippen LogP contribution in [0.5, 0.6) is 0 Å². The van der Waals surface area contributed by atoms with Crippen molar-refractivity contribution in [3.05, 3.63) is 59.2 Å². The van der Waals surface area contributed by atoms with E-state index in [1.54, 1.807) is 12.1 Å². The molecule has 2 aliphatic heterocycles. The van der Waals surface area contributed by atoms with Crippen LogP contribution >= 0.6 is 0 Å². The predicted octanol–water partition coefficient (Wildman–Crippen LogP) is 3.99. The number of likely N-dealkylation sites (tertiary alicyclic amines) is 1. The molecular formula is C25H31N3O3. The molecule has 0 atom stereocenters. The molecule has 2 aromatic carbocycles. The van der Waals surface area contributed by atoms with Crippen LogP contribution in [0.4, 0.5) is 11.4 Å². The Kier molecular flexibility index (Phi) is 6.87. The standard InChI is InChI=1S/C25H31N3O3/c1-19-16-22(10-11-23(19)28-14-4-5-15-28)26-24(29)18-31-25(30)21-8-6-20(7-9-21)17-27-12-2-3-13-27/h6-11,16H,2-5,12-15,17-18H2,1H3,(H,26,29). The van der Waals surface area contributed by atoms with E-state index in [-0.39, 0.29) is 12.5 Å². The number of amides is 1. The summed E-state index contributed by atoms with van der Waals surface area (Å²) in [6.45, 7) is 7.11. The first-order valence-electron chi connectivity index (χ1n) is 11.2. The minimum atomic E-state index is -0.483. The second kappa shape index (κ2) is 9.96. The highest BCUT2D eigenvalue weighted by molar-refractivity contribution is 5.95. The Morgan fingerprint density at radius 1 is 0.935 bits per heavy atom.